The molecule has 0 heterocycles. The first-order chi connectivity index (χ1) is 7.05. The summed E-state index contributed by atoms with van der Waals surface area (Å²) in [5, 5.41) is 0. The lowest BCUT2D eigenvalue weighted by molar-refractivity contribution is 0.409. The monoisotopic (exact) mass is 224 g/mol. The van der Waals surface area contributed by atoms with Crippen molar-refractivity contribution >= 4 is 12.6 Å². The van der Waals surface area contributed by atoms with E-state index in [0.717, 1.165) is 17.9 Å². The maximum Gasteiger partial charge on any atom is 0.122 e. The first-order valence-electron chi connectivity index (χ1n) is 5.33. The Morgan fingerprint density at radius 3 is 2.47 bits per heavy atom. The Hall–Kier alpha value is -0.630. The number of aryl methyl sites for hydroxylation is 1. The molecule has 15 heavy (non-hydrogen) atoms. The third-order valence-electron chi connectivity index (χ3n) is 2.84. The standard InChI is InChI=1S/C13H20OS/c1-5-10-8-11(13(2,3)9-15)6-7-12(10)14-4/h6-8,15H,5,9H2,1-4H3. The van der Waals surface area contributed by atoms with E-state index in [9.17, 15) is 0 Å². The molecule has 1 aromatic carbocycles. The quantitative estimate of drug-likeness (QED) is 0.771. The summed E-state index contributed by atoms with van der Waals surface area (Å²) in [4.78, 5) is 0. The lowest BCUT2D eigenvalue weighted by Gasteiger charge is -2.24. The Balaban J connectivity index is 3.13. The highest BCUT2D eigenvalue weighted by Gasteiger charge is 2.19. The van der Waals surface area contributed by atoms with Crippen LogP contribution in [0.5, 0.6) is 5.75 Å². The second-order valence-corrected chi connectivity index (χ2v) is 4.74. The Labute approximate surface area is 98.3 Å². The summed E-state index contributed by atoms with van der Waals surface area (Å²) in [6.45, 7) is 6.57. The number of ether oxygens (including phenoxy) is 1. The van der Waals surface area contributed by atoms with Gasteiger partial charge in [0.1, 0.15) is 5.75 Å². The van der Waals surface area contributed by atoms with Gasteiger partial charge in [0.05, 0.1) is 7.11 Å². The average molecular weight is 224 g/mol. The van der Waals surface area contributed by atoms with Gasteiger partial charge in [0.25, 0.3) is 0 Å². The molecule has 0 aliphatic rings. The molecule has 0 atom stereocenters. The maximum absolute atomic E-state index is 5.32. The zero-order valence-corrected chi connectivity index (χ0v) is 10.9. The molecule has 0 aliphatic heterocycles. The molecule has 0 N–H and O–H groups in total. The van der Waals surface area contributed by atoms with Crippen molar-refractivity contribution in [3.63, 3.8) is 0 Å². The largest absolute Gasteiger partial charge is 0.496 e. The molecule has 1 nitrogen and oxygen atoms in total. The maximum atomic E-state index is 5.32. The molecule has 2 heteroatoms. The zero-order valence-electron chi connectivity index (χ0n) is 10.0. The molecule has 1 aromatic rings. The first-order valence-corrected chi connectivity index (χ1v) is 5.96. The van der Waals surface area contributed by atoms with Gasteiger partial charge in [0, 0.05) is 0 Å². The molecular weight excluding hydrogens is 204 g/mol. The first kappa shape index (κ1) is 12.4. The van der Waals surface area contributed by atoms with Crippen LogP contribution in [0.2, 0.25) is 0 Å². The fraction of sp³-hybridized carbons (Fsp3) is 0.538. The third-order valence-corrected chi connectivity index (χ3v) is 3.63. The number of methoxy groups -OCH3 is 1. The number of hydrogen-bond donors (Lipinski definition) is 1. The summed E-state index contributed by atoms with van der Waals surface area (Å²) in [6, 6.07) is 6.42. The van der Waals surface area contributed by atoms with Gasteiger partial charge in [-0.1, -0.05) is 32.9 Å². The second kappa shape index (κ2) is 4.93. The van der Waals surface area contributed by atoms with Gasteiger partial charge in [-0.15, -0.1) is 0 Å². The molecule has 0 radical (unpaired) electrons. The van der Waals surface area contributed by atoms with Crippen molar-refractivity contribution in [3.05, 3.63) is 29.3 Å². The molecular formula is C13H20OS. The summed E-state index contributed by atoms with van der Waals surface area (Å²) >= 11 is 4.39. The van der Waals surface area contributed by atoms with Crippen LogP contribution >= 0.6 is 12.6 Å². The Morgan fingerprint density at radius 2 is 2.00 bits per heavy atom. The van der Waals surface area contributed by atoms with Crippen molar-refractivity contribution in [3.8, 4) is 5.75 Å². The molecule has 84 valence electrons. The molecule has 0 unspecified atom stereocenters. The molecule has 0 aliphatic carbocycles. The smallest absolute Gasteiger partial charge is 0.122 e. The normalized spacial score (nSPS) is 11.5. The molecule has 0 saturated heterocycles. The van der Waals surface area contributed by atoms with Crippen molar-refractivity contribution < 1.29 is 4.74 Å². The van der Waals surface area contributed by atoms with Gasteiger partial charge in [0.15, 0.2) is 0 Å². The highest BCUT2D eigenvalue weighted by atomic mass is 32.1. The SMILES string of the molecule is CCc1cc(C(C)(C)CS)ccc1OC. The van der Waals surface area contributed by atoms with Crippen LogP contribution in [0, 0.1) is 0 Å². The van der Waals surface area contributed by atoms with Gasteiger partial charge in [-0.05, 0) is 34.8 Å². The summed E-state index contributed by atoms with van der Waals surface area (Å²) < 4.78 is 5.32. The highest BCUT2D eigenvalue weighted by Crippen LogP contribution is 2.29. The van der Waals surface area contributed by atoms with Crippen LogP contribution in [0.4, 0.5) is 0 Å². The predicted octanol–water partition coefficient (Wildman–Crippen LogP) is 3.47. The fourth-order valence-corrected chi connectivity index (χ4v) is 1.75. The van der Waals surface area contributed by atoms with Gasteiger partial charge in [-0.25, -0.2) is 0 Å². The Bertz CT molecular complexity index is 331. The van der Waals surface area contributed by atoms with Crippen molar-refractivity contribution in [1.82, 2.24) is 0 Å². The lowest BCUT2D eigenvalue weighted by Crippen LogP contribution is -2.19. The third kappa shape index (κ3) is 2.69. The van der Waals surface area contributed by atoms with E-state index in [1.54, 1.807) is 7.11 Å². The minimum absolute atomic E-state index is 0.124. The summed E-state index contributed by atoms with van der Waals surface area (Å²) in [5.74, 6) is 1.83. The van der Waals surface area contributed by atoms with Crippen LogP contribution in [0.3, 0.4) is 0 Å². The van der Waals surface area contributed by atoms with Crippen LogP contribution in [-0.2, 0) is 11.8 Å². The minimum Gasteiger partial charge on any atom is -0.496 e. The average Bonchev–Trinajstić information content (AvgIpc) is 2.28. The topological polar surface area (TPSA) is 9.23 Å². The van der Waals surface area contributed by atoms with E-state index in [2.05, 4.69) is 51.6 Å². The van der Waals surface area contributed by atoms with E-state index in [4.69, 9.17) is 4.74 Å². The van der Waals surface area contributed by atoms with Crippen LogP contribution in [0.1, 0.15) is 31.9 Å². The van der Waals surface area contributed by atoms with Crippen LogP contribution < -0.4 is 4.74 Å². The van der Waals surface area contributed by atoms with E-state index in [1.165, 1.54) is 11.1 Å². The van der Waals surface area contributed by atoms with E-state index in [0.29, 0.717) is 0 Å². The molecule has 0 aromatic heterocycles. The fourth-order valence-electron chi connectivity index (χ4n) is 1.57. The van der Waals surface area contributed by atoms with Gasteiger partial charge >= 0.3 is 0 Å². The van der Waals surface area contributed by atoms with Crippen LogP contribution in [0.25, 0.3) is 0 Å². The summed E-state index contributed by atoms with van der Waals surface area (Å²) in [6.07, 6.45) is 1.000. The summed E-state index contributed by atoms with van der Waals surface area (Å²) in [7, 11) is 1.72. The molecule has 0 amide bonds. The van der Waals surface area contributed by atoms with Crippen LogP contribution in [-0.4, -0.2) is 12.9 Å². The van der Waals surface area contributed by atoms with Crippen molar-refractivity contribution in [2.24, 2.45) is 0 Å². The van der Waals surface area contributed by atoms with E-state index in [-0.39, 0.29) is 5.41 Å². The number of thiol groups is 1. The molecule has 0 spiro atoms. The summed E-state index contributed by atoms with van der Waals surface area (Å²) in [5.41, 5.74) is 2.72. The zero-order chi connectivity index (χ0) is 11.5. The van der Waals surface area contributed by atoms with Gasteiger partial charge in [-0.3, -0.25) is 0 Å². The van der Waals surface area contributed by atoms with E-state index >= 15 is 0 Å². The highest BCUT2D eigenvalue weighted by molar-refractivity contribution is 7.80. The van der Waals surface area contributed by atoms with E-state index < -0.39 is 0 Å². The lowest BCUT2D eigenvalue weighted by atomic mass is 9.85. The van der Waals surface area contributed by atoms with Gasteiger partial charge < -0.3 is 4.74 Å². The number of hydrogen-bond acceptors (Lipinski definition) is 2. The van der Waals surface area contributed by atoms with Crippen molar-refractivity contribution in [2.45, 2.75) is 32.6 Å². The molecule has 0 bridgehead atoms. The predicted molar refractivity (Wildman–Crippen MR) is 69.3 cm³/mol. The molecule has 0 fully saturated rings. The van der Waals surface area contributed by atoms with Crippen molar-refractivity contribution in [1.29, 1.82) is 0 Å². The number of benzene rings is 1. The van der Waals surface area contributed by atoms with Crippen molar-refractivity contribution in [2.75, 3.05) is 12.9 Å². The van der Waals surface area contributed by atoms with E-state index in [1.807, 2.05) is 0 Å². The van der Waals surface area contributed by atoms with Gasteiger partial charge in [0.2, 0.25) is 0 Å². The Morgan fingerprint density at radius 1 is 1.33 bits per heavy atom. The Kier molecular flexibility index (Phi) is 4.09. The number of rotatable bonds is 4. The van der Waals surface area contributed by atoms with Gasteiger partial charge in [-0.2, -0.15) is 12.6 Å². The minimum atomic E-state index is 0.124. The van der Waals surface area contributed by atoms with Crippen LogP contribution in [0.15, 0.2) is 18.2 Å². The second-order valence-electron chi connectivity index (χ2n) is 4.42. The molecule has 1 rings (SSSR count). The molecule has 0 saturated carbocycles.